The molecule has 25 heavy (non-hydrogen) atoms. The van der Waals surface area contributed by atoms with Crippen LogP contribution in [0.1, 0.15) is 6.92 Å². The van der Waals surface area contributed by atoms with Gasteiger partial charge in [-0.15, -0.1) is 0 Å². The van der Waals surface area contributed by atoms with Gasteiger partial charge in [-0.1, -0.05) is 23.7 Å². The van der Waals surface area contributed by atoms with Crippen molar-refractivity contribution in [2.45, 2.75) is 13.0 Å². The number of amides is 2. The van der Waals surface area contributed by atoms with Crippen LogP contribution in [0.5, 0.6) is 0 Å². The molecule has 2 fully saturated rings. The van der Waals surface area contributed by atoms with Gasteiger partial charge < -0.3 is 19.9 Å². The fourth-order valence-corrected chi connectivity index (χ4v) is 3.63. The number of urea groups is 1. The number of ether oxygens (including phenoxy) is 1. The van der Waals surface area contributed by atoms with Crippen LogP contribution in [0.2, 0.25) is 5.02 Å². The van der Waals surface area contributed by atoms with Crippen LogP contribution in [-0.4, -0.2) is 80.9 Å². The minimum Gasteiger partial charge on any atom is -0.379 e. The predicted molar refractivity (Wildman–Crippen MR) is 100 cm³/mol. The van der Waals surface area contributed by atoms with Gasteiger partial charge in [0, 0.05) is 51.9 Å². The average molecular weight is 367 g/mol. The van der Waals surface area contributed by atoms with Crippen LogP contribution in [0, 0.1) is 0 Å². The lowest BCUT2D eigenvalue weighted by Crippen LogP contribution is -2.55. The second-order valence-corrected chi connectivity index (χ2v) is 7.10. The molecular formula is C18H27ClN4O2. The van der Waals surface area contributed by atoms with Crippen LogP contribution >= 0.6 is 11.6 Å². The predicted octanol–water partition coefficient (Wildman–Crippen LogP) is 1.89. The van der Waals surface area contributed by atoms with E-state index in [0.29, 0.717) is 13.1 Å². The van der Waals surface area contributed by atoms with Gasteiger partial charge in [0.25, 0.3) is 0 Å². The molecule has 1 unspecified atom stereocenters. The molecule has 0 bridgehead atoms. The van der Waals surface area contributed by atoms with Crippen molar-refractivity contribution in [3.05, 3.63) is 29.3 Å². The van der Waals surface area contributed by atoms with Crippen LogP contribution < -0.4 is 10.2 Å². The number of benzene rings is 1. The standard InChI is InChI=1S/C18H27ClN4O2/c1-15(14-21-10-12-25-13-11-21)20-18(24)23-8-6-22(7-9-23)17-5-3-2-4-16(17)19/h2-5,15H,6-14H2,1H3,(H,20,24). The molecule has 2 aliphatic rings. The average Bonchev–Trinajstić information content (AvgIpc) is 2.63. The number of hydrogen-bond acceptors (Lipinski definition) is 4. The Morgan fingerprint density at radius 1 is 1.16 bits per heavy atom. The number of anilines is 1. The Morgan fingerprint density at radius 3 is 2.52 bits per heavy atom. The summed E-state index contributed by atoms with van der Waals surface area (Å²) in [5.74, 6) is 0. The summed E-state index contributed by atoms with van der Waals surface area (Å²) in [4.78, 5) is 19.0. The molecule has 6 nitrogen and oxygen atoms in total. The maximum Gasteiger partial charge on any atom is 0.317 e. The van der Waals surface area contributed by atoms with Gasteiger partial charge in [-0.25, -0.2) is 4.79 Å². The molecular weight excluding hydrogens is 340 g/mol. The number of para-hydroxylation sites is 1. The van der Waals surface area contributed by atoms with Crippen LogP contribution in [0.4, 0.5) is 10.5 Å². The second-order valence-electron chi connectivity index (χ2n) is 6.69. The first-order valence-electron chi connectivity index (χ1n) is 8.98. The molecule has 1 aromatic carbocycles. The number of rotatable bonds is 4. The zero-order valence-corrected chi connectivity index (χ0v) is 15.5. The lowest BCUT2D eigenvalue weighted by atomic mass is 10.2. The number of hydrogen-bond donors (Lipinski definition) is 1. The third kappa shape index (κ3) is 5.00. The first kappa shape index (κ1) is 18.3. The van der Waals surface area contributed by atoms with Gasteiger partial charge in [0.15, 0.2) is 0 Å². The van der Waals surface area contributed by atoms with Crippen LogP contribution in [-0.2, 0) is 4.74 Å². The Hall–Kier alpha value is -1.50. The fourth-order valence-electron chi connectivity index (χ4n) is 3.38. The van der Waals surface area contributed by atoms with Gasteiger partial charge in [-0.05, 0) is 19.1 Å². The molecule has 0 saturated carbocycles. The number of halogens is 1. The summed E-state index contributed by atoms with van der Waals surface area (Å²) in [5.41, 5.74) is 1.05. The molecule has 1 N–H and O–H groups in total. The maximum atomic E-state index is 12.5. The van der Waals surface area contributed by atoms with E-state index < -0.39 is 0 Å². The van der Waals surface area contributed by atoms with Crippen molar-refractivity contribution in [3.63, 3.8) is 0 Å². The Balaban J connectivity index is 1.44. The quantitative estimate of drug-likeness (QED) is 0.884. The fraction of sp³-hybridized carbons (Fsp3) is 0.611. The molecule has 0 radical (unpaired) electrons. The summed E-state index contributed by atoms with van der Waals surface area (Å²) in [6.45, 7) is 9.40. The molecule has 0 spiro atoms. The van der Waals surface area contributed by atoms with E-state index in [4.69, 9.17) is 16.3 Å². The summed E-state index contributed by atoms with van der Waals surface area (Å²) < 4.78 is 5.36. The highest BCUT2D eigenvalue weighted by Crippen LogP contribution is 2.25. The Bertz CT molecular complexity index is 572. The first-order chi connectivity index (χ1) is 12.1. The van der Waals surface area contributed by atoms with Crippen LogP contribution in [0.15, 0.2) is 24.3 Å². The number of piperazine rings is 1. The molecule has 2 heterocycles. The minimum atomic E-state index is 0.0274. The summed E-state index contributed by atoms with van der Waals surface area (Å²) >= 11 is 6.27. The van der Waals surface area contributed by atoms with Gasteiger partial charge >= 0.3 is 6.03 Å². The zero-order chi connectivity index (χ0) is 17.6. The number of carbonyl (C=O) groups excluding carboxylic acids is 1. The van der Waals surface area contributed by atoms with E-state index in [1.807, 2.05) is 29.2 Å². The summed E-state index contributed by atoms with van der Waals surface area (Å²) in [5, 5.41) is 3.89. The molecule has 0 aliphatic carbocycles. The molecule has 138 valence electrons. The number of nitrogens with zero attached hydrogens (tertiary/aromatic N) is 3. The van der Waals surface area contributed by atoms with Crippen LogP contribution in [0.25, 0.3) is 0 Å². The molecule has 1 atom stereocenters. The summed E-state index contributed by atoms with van der Waals surface area (Å²) in [6.07, 6.45) is 0. The van der Waals surface area contributed by atoms with Crippen molar-refractivity contribution in [1.82, 2.24) is 15.1 Å². The van der Waals surface area contributed by atoms with Gasteiger partial charge in [0.1, 0.15) is 0 Å². The van der Waals surface area contributed by atoms with Gasteiger partial charge in [0.2, 0.25) is 0 Å². The number of morpholine rings is 1. The van der Waals surface area contributed by atoms with Crippen LogP contribution in [0.3, 0.4) is 0 Å². The molecule has 2 amide bonds. The van der Waals surface area contributed by atoms with Crippen molar-refractivity contribution in [2.75, 3.05) is 63.9 Å². The highest BCUT2D eigenvalue weighted by atomic mass is 35.5. The van der Waals surface area contributed by atoms with E-state index >= 15 is 0 Å². The lowest BCUT2D eigenvalue weighted by molar-refractivity contribution is 0.0346. The molecule has 2 aliphatic heterocycles. The monoisotopic (exact) mass is 366 g/mol. The zero-order valence-electron chi connectivity index (χ0n) is 14.8. The maximum absolute atomic E-state index is 12.5. The second kappa shape index (κ2) is 8.74. The highest BCUT2D eigenvalue weighted by molar-refractivity contribution is 6.33. The third-order valence-corrected chi connectivity index (χ3v) is 5.09. The summed E-state index contributed by atoms with van der Waals surface area (Å²) in [7, 11) is 0. The SMILES string of the molecule is CC(CN1CCOCC1)NC(=O)N1CCN(c2ccccc2Cl)CC1. The molecule has 1 aromatic rings. The van der Waals surface area contributed by atoms with Gasteiger partial charge in [-0.3, -0.25) is 4.90 Å². The van der Waals surface area contributed by atoms with E-state index in [-0.39, 0.29) is 12.1 Å². The molecule has 2 saturated heterocycles. The normalized spacial score (nSPS) is 20.4. The number of nitrogens with one attached hydrogen (secondary N) is 1. The Morgan fingerprint density at radius 2 is 1.84 bits per heavy atom. The number of carbonyl (C=O) groups is 1. The smallest absolute Gasteiger partial charge is 0.317 e. The molecule has 7 heteroatoms. The summed E-state index contributed by atoms with van der Waals surface area (Å²) in [6, 6.07) is 8.02. The van der Waals surface area contributed by atoms with E-state index in [1.54, 1.807) is 0 Å². The van der Waals surface area contributed by atoms with E-state index in [2.05, 4.69) is 22.0 Å². The first-order valence-corrected chi connectivity index (χ1v) is 9.36. The van der Waals surface area contributed by atoms with Crippen molar-refractivity contribution < 1.29 is 9.53 Å². The lowest BCUT2D eigenvalue weighted by Gasteiger charge is -2.37. The topological polar surface area (TPSA) is 48.1 Å². The van der Waals surface area contributed by atoms with Gasteiger partial charge in [0.05, 0.1) is 23.9 Å². The molecule has 3 rings (SSSR count). The minimum absolute atomic E-state index is 0.0274. The highest BCUT2D eigenvalue weighted by Gasteiger charge is 2.23. The van der Waals surface area contributed by atoms with E-state index in [0.717, 1.165) is 56.6 Å². The van der Waals surface area contributed by atoms with E-state index in [9.17, 15) is 4.79 Å². The van der Waals surface area contributed by atoms with Crippen molar-refractivity contribution in [3.8, 4) is 0 Å². The van der Waals surface area contributed by atoms with Crippen molar-refractivity contribution in [1.29, 1.82) is 0 Å². The molecule has 0 aromatic heterocycles. The van der Waals surface area contributed by atoms with Crippen molar-refractivity contribution in [2.24, 2.45) is 0 Å². The van der Waals surface area contributed by atoms with E-state index in [1.165, 1.54) is 0 Å². The Kier molecular flexibility index (Phi) is 6.39. The largest absolute Gasteiger partial charge is 0.379 e. The van der Waals surface area contributed by atoms with Crippen molar-refractivity contribution >= 4 is 23.3 Å². The Labute approximate surface area is 154 Å². The van der Waals surface area contributed by atoms with Gasteiger partial charge in [-0.2, -0.15) is 0 Å². The third-order valence-electron chi connectivity index (χ3n) is 4.77.